The van der Waals surface area contributed by atoms with E-state index < -0.39 is 0 Å². The van der Waals surface area contributed by atoms with E-state index >= 15 is 0 Å². The lowest BCUT2D eigenvalue weighted by Gasteiger charge is -2.36. The van der Waals surface area contributed by atoms with Crippen LogP contribution in [0.3, 0.4) is 0 Å². The number of nitrogens with zero attached hydrogens (tertiary/aromatic N) is 3. The lowest BCUT2D eigenvalue weighted by atomic mass is 9.87. The van der Waals surface area contributed by atoms with Crippen LogP contribution in [0.4, 0.5) is 0 Å². The minimum Gasteiger partial charge on any atom is -0.340 e. The van der Waals surface area contributed by atoms with E-state index in [9.17, 15) is 9.59 Å². The molecule has 6 heteroatoms. The summed E-state index contributed by atoms with van der Waals surface area (Å²) in [5.41, 5.74) is 2.66. The molecule has 3 rings (SSSR count). The zero-order valence-electron chi connectivity index (χ0n) is 17.6. The SMILES string of the molecule is CCC(=O)N1CCN(CCN2C(=O)CSC2c2ccc(C(C)(C)C)cc2)CC1. The Morgan fingerprint density at radius 1 is 1.07 bits per heavy atom. The first-order valence-corrected chi connectivity index (χ1v) is 11.4. The first kappa shape index (κ1) is 21.2. The molecule has 1 aromatic rings. The second-order valence-corrected chi connectivity index (χ2v) is 9.77. The van der Waals surface area contributed by atoms with E-state index in [-0.39, 0.29) is 22.6 Å². The summed E-state index contributed by atoms with van der Waals surface area (Å²) in [6, 6.07) is 8.75. The van der Waals surface area contributed by atoms with E-state index in [1.54, 1.807) is 11.8 Å². The highest BCUT2D eigenvalue weighted by atomic mass is 32.2. The monoisotopic (exact) mass is 403 g/mol. The normalized spacial score (nSPS) is 21.4. The van der Waals surface area contributed by atoms with Crippen molar-refractivity contribution in [2.45, 2.75) is 44.9 Å². The molecule has 0 aromatic heterocycles. The van der Waals surface area contributed by atoms with E-state index in [1.165, 1.54) is 11.1 Å². The Balaban J connectivity index is 1.57. The second-order valence-electron chi connectivity index (χ2n) is 8.70. The van der Waals surface area contributed by atoms with Crippen LogP contribution < -0.4 is 0 Å². The zero-order chi connectivity index (χ0) is 20.3. The van der Waals surface area contributed by atoms with Crippen LogP contribution in [0.2, 0.25) is 0 Å². The molecule has 1 aromatic carbocycles. The minimum absolute atomic E-state index is 0.115. The summed E-state index contributed by atoms with van der Waals surface area (Å²) in [5, 5.41) is 0.115. The number of carbonyl (C=O) groups is 2. The largest absolute Gasteiger partial charge is 0.340 e. The third kappa shape index (κ3) is 4.90. The highest BCUT2D eigenvalue weighted by Crippen LogP contribution is 2.39. The molecule has 1 atom stereocenters. The van der Waals surface area contributed by atoms with E-state index in [4.69, 9.17) is 0 Å². The third-order valence-electron chi connectivity index (χ3n) is 5.71. The van der Waals surface area contributed by atoms with Crippen molar-refractivity contribution in [2.24, 2.45) is 0 Å². The average molecular weight is 404 g/mol. The Bertz CT molecular complexity index is 691. The molecule has 0 spiro atoms. The molecule has 2 aliphatic rings. The Morgan fingerprint density at radius 3 is 2.29 bits per heavy atom. The van der Waals surface area contributed by atoms with Gasteiger partial charge in [-0.1, -0.05) is 52.0 Å². The first-order valence-electron chi connectivity index (χ1n) is 10.3. The van der Waals surface area contributed by atoms with Gasteiger partial charge in [-0.25, -0.2) is 0 Å². The summed E-state index contributed by atoms with van der Waals surface area (Å²) in [6.07, 6.45) is 0.579. The predicted molar refractivity (Wildman–Crippen MR) is 115 cm³/mol. The summed E-state index contributed by atoms with van der Waals surface area (Å²) in [7, 11) is 0. The second kappa shape index (κ2) is 8.87. The topological polar surface area (TPSA) is 43.9 Å². The molecular weight excluding hydrogens is 370 g/mol. The van der Waals surface area contributed by atoms with Crippen LogP contribution in [-0.4, -0.2) is 71.5 Å². The molecule has 0 N–H and O–H groups in total. The summed E-state index contributed by atoms with van der Waals surface area (Å²) >= 11 is 1.72. The summed E-state index contributed by atoms with van der Waals surface area (Å²) in [6.45, 7) is 13.6. The number of hydrogen-bond acceptors (Lipinski definition) is 4. The summed E-state index contributed by atoms with van der Waals surface area (Å²) in [5.74, 6) is 1.03. The van der Waals surface area contributed by atoms with Gasteiger partial charge in [0.1, 0.15) is 5.37 Å². The molecule has 28 heavy (non-hydrogen) atoms. The third-order valence-corrected chi connectivity index (χ3v) is 6.97. The predicted octanol–water partition coefficient (Wildman–Crippen LogP) is 3.11. The highest BCUT2D eigenvalue weighted by molar-refractivity contribution is 8.00. The Hall–Kier alpha value is -1.53. The lowest BCUT2D eigenvalue weighted by Crippen LogP contribution is -2.50. The van der Waals surface area contributed by atoms with Crippen LogP contribution >= 0.6 is 11.8 Å². The molecule has 0 radical (unpaired) electrons. The van der Waals surface area contributed by atoms with Crippen LogP contribution in [-0.2, 0) is 15.0 Å². The van der Waals surface area contributed by atoms with E-state index in [1.807, 2.05) is 16.7 Å². The van der Waals surface area contributed by atoms with Gasteiger partial charge in [-0.05, 0) is 16.5 Å². The Kier molecular flexibility index (Phi) is 6.71. The van der Waals surface area contributed by atoms with Gasteiger partial charge in [-0.15, -0.1) is 11.8 Å². The van der Waals surface area contributed by atoms with Crippen LogP contribution in [0.25, 0.3) is 0 Å². The lowest BCUT2D eigenvalue weighted by molar-refractivity contribution is -0.132. The molecule has 2 amide bonds. The van der Waals surface area contributed by atoms with Crippen molar-refractivity contribution in [3.05, 3.63) is 35.4 Å². The van der Waals surface area contributed by atoms with Crippen molar-refractivity contribution >= 4 is 23.6 Å². The molecule has 0 saturated carbocycles. The van der Waals surface area contributed by atoms with Crippen LogP contribution in [0.1, 0.15) is 50.6 Å². The maximum absolute atomic E-state index is 12.5. The van der Waals surface area contributed by atoms with E-state index in [0.29, 0.717) is 12.2 Å². The van der Waals surface area contributed by atoms with Gasteiger partial charge in [0.2, 0.25) is 11.8 Å². The van der Waals surface area contributed by atoms with Gasteiger partial charge < -0.3 is 9.80 Å². The maximum Gasteiger partial charge on any atom is 0.233 e. The van der Waals surface area contributed by atoms with Gasteiger partial charge in [-0.2, -0.15) is 0 Å². The molecule has 1 unspecified atom stereocenters. The maximum atomic E-state index is 12.5. The molecule has 2 aliphatic heterocycles. The van der Waals surface area contributed by atoms with Gasteiger partial charge in [0.15, 0.2) is 0 Å². The number of thioether (sulfide) groups is 1. The first-order chi connectivity index (χ1) is 13.3. The van der Waals surface area contributed by atoms with Crippen molar-refractivity contribution in [1.82, 2.24) is 14.7 Å². The van der Waals surface area contributed by atoms with Crippen molar-refractivity contribution in [1.29, 1.82) is 0 Å². The van der Waals surface area contributed by atoms with Crippen LogP contribution in [0.5, 0.6) is 0 Å². The van der Waals surface area contributed by atoms with Crippen molar-refractivity contribution in [2.75, 3.05) is 45.0 Å². The molecule has 0 aliphatic carbocycles. The minimum atomic E-state index is 0.115. The molecule has 5 nitrogen and oxygen atoms in total. The molecule has 2 heterocycles. The van der Waals surface area contributed by atoms with Gasteiger partial charge in [-0.3, -0.25) is 14.5 Å². The Morgan fingerprint density at radius 2 is 1.71 bits per heavy atom. The molecule has 154 valence electrons. The van der Waals surface area contributed by atoms with Crippen molar-refractivity contribution in [3.63, 3.8) is 0 Å². The molecular formula is C22H33N3O2S. The highest BCUT2D eigenvalue weighted by Gasteiger charge is 2.33. The fourth-order valence-corrected chi connectivity index (χ4v) is 5.03. The number of hydrogen-bond donors (Lipinski definition) is 0. The summed E-state index contributed by atoms with van der Waals surface area (Å²) < 4.78 is 0. The zero-order valence-corrected chi connectivity index (χ0v) is 18.4. The van der Waals surface area contributed by atoms with Gasteiger partial charge in [0.05, 0.1) is 5.75 Å². The van der Waals surface area contributed by atoms with Gasteiger partial charge in [0, 0.05) is 45.7 Å². The van der Waals surface area contributed by atoms with Crippen LogP contribution in [0.15, 0.2) is 24.3 Å². The standard InChI is InChI=1S/C22H33N3O2S/c1-5-19(26)24-13-10-23(11-14-24)12-15-25-20(27)16-28-21(25)17-6-8-18(9-7-17)22(2,3)4/h6-9,21H,5,10-16H2,1-4H3. The van der Waals surface area contributed by atoms with E-state index in [2.05, 4.69) is 49.9 Å². The smallest absolute Gasteiger partial charge is 0.233 e. The van der Waals surface area contributed by atoms with Gasteiger partial charge in [0.25, 0.3) is 0 Å². The fraction of sp³-hybridized carbons (Fsp3) is 0.636. The number of piperazine rings is 1. The molecule has 2 fully saturated rings. The van der Waals surface area contributed by atoms with Gasteiger partial charge >= 0.3 is 0 Å². The number of benzene rings is 1. The molecule has 0 bridgehead atoms. The summed E-state index contributed by atoms with van der Waals surface area (Å²) in [4.78, 5) is 30.6. The van der Waals surface area contributed by atoms with Crippen molar-refractivity contribution < 1.29 is 9.59 Å². The average Bonchev–Trinajstić information content (AvgIpc) is 3.06. The number of rotatable bonds is 5. The van der Waals surface area contributed by atoms with Crippen molar-refractivity contribution in [3.8, 4) is 0 Å². The van der Waals surface area contributed by atoms with E-state index in [0.717, 1.165) is 39.3 Å². The van der Waals surface area contributed by atoms with Crippen LogP contribution in [0, 0.1) is 0 Å². The Labute approximate surface area is 173 Å². The quantitative estimate of drug-likeness (QED) is 0.758. The fourth-order valence-electron chi connectivity index (χ4n) is 3.81. The number of carbonyl (C=O) groups excluding carboxylic acids is 2. The number of amides is 2. The molecule has 2 saturated heterocycles.